The second kappa shape index (κ2) is 13.4. The Morgan fingerprint density at radius 3 is 1.48 bits per heavy atom. The number of halogens is 1. The molecule has 0 aliphatic carbocycles. The van der Waals surface area contributed by atoms with Gasteiger partial charge < -0.3 is 9.72 Å². The van der Waals surface area contributed by atoms with Gasteiger partial charge in [-0.1, -0.05) is 103 Å². The first-order valence-corrected chi connectivity index (χ1v) is 14.5. The predicted molar refractivity (Wildman–Crippen MR) is 190 cm³/mol. The summed E-state index contributed by atoms with van der Waals surface area (Å²) < 4.78 is 5.21. The number of nitrogens with zero attached hydrogens (tertiary/aromatic N) is 4. The lowest BCUT2D eigenvalue weighted by Crippen LogP contribution is -2.05. The second-order valence-corrected chi connectivity index (χ2v) is 10.3. The van der Waals surface area contributed by atoms with Crippen molar-refractivity contribution >= 4 is 77.6 Å². The van der Waals surface area contributed by atoms with Crippen LogP contribution >= 0.6 is 12.4 Å². The van der Waals surface area contributed by atoms with Gasteiger partial charge in [0.05, 0.1) is 36.1 Å². The van der Waals surface area contributed by atoms with Gasteiger partial charge in [0.2, 0.25) is 5.88 Å². The summed E-state index contributed by atoms with van der Waals surface area (Å²) in [7, 11) is 1.61. The van der Waals surface area contributed by atoms with Crippen LogP contribution in [0, 0.1) is 0 Å². The number of pyridine rings is 1. The maximum Gasteiger partial charge on any atom is 0.266 e. The van der Waals surface area contributed by atoms with Gasteiger partial charge in [-0.05, 0) is 33.7 Å². The van der Waals surface area contributed by atoms with Gasteiger partial charge in [0.1, 0.15) is 5.52 Å². The van der Waals surface area contributed by atoms with E-state index in [-0.39, 0.29) is 18.0 Å². The molecule has 9 rings (SSSR count). The number of aromatic nitrogens is 5. The van der Waals surface area contributed by atoms with Gasteiger partial charge in [0.25, 0.3) is 5.56 Å². The van der Waals surface area contributed by atoms with E-state index >= 15 is 0 Å². The smallest absolute Gasteiger partial charge is 0.266 e. The minimum Gasteiger partial charge on any atom is -0.480 e. The Hall–Kier alpha value is -5.92. The summed E-state index contributed by atoms with van der Waals surface area (Å²) in [6.45, 7) is 0. The summed E-state index contributed by atoms with van der Waals surface area (Å²) in [5.41, 5.74) is 3.28. The van der Waals surface area contributed by atoms with Crippen LogP contribution in [0.3, 0.4) is 0 Å². The molecule has 0 unspecified atom stereocenters. The number of ether oxygens (including phenoxy) is 1. The molecule has 0 spiro atoms. The normalized spacial score (nSPS) is 10.6. The molecule has 0 radical (unpaired) electrons. The molecule has 9 aromatic rings. The number of aromatic amines is 1. The summed E-state index contributed by atoms with van der Waals surface area (Å²) in [6.07, 6.45) is 6.51. The Bertz CT molecular complexity index is 2420. The predicted octanol–water partition coefficient (Wildman–Crippen LogP) is 8.68. The molecule has 0 amide bonds. The zero-order valence-electron chi connectivity index (χ0n) is 24.8. The SMILES string of the molecule is COc1cnc2c3ccccc3c3ccccc3c2n1.Cl.O=c1cnc2c3ccccc3c3ccccc3c2[nH]1.c1ccncc1. The Morgan fingerprint density at radius 1 is 0.522 bits per heavy atom. The highest BCUT2D eigenvalue weighted by Crippen LogP contribution is 2.34. The Kier molecular flexibility index (Phi) is 8.76. The van der Waals surface area contributed by atoms with Crippen LogP contribution in [0.4, 0.5) is 0 Å². The third kappa shape index (κ3) is 5.67. The highest BCUT2D eigenvalue weighted by atomic mass is 35.5. The van der Waals surface area contributed by atoms with Gasteiger partial charge in [-0.25, -0.2) is 15.0 Å². The molecule has 0 fully saturated rings. The van der Waals surface area contributed by atoms with Crippen LogP contribution in [0.15, 0.2) is 145 Å². The number of hydrogen-bond acceptors (Lipinski definition) is 6. The molecule has 7 nitrogen and oxygen atoms in total. The van der Waals surface area contributed by atoms with Crippen LogP contribution < -0.4 is 10.3 Å². The summed E-state index contributed by atoms with van der Waals surface area (Å²) in [5, 5.41) is 9.01. The fourth-order valence-electron chi connectivity index (χ4n) is 5.68. The standard InChI is InChI=1S/C17H12N2O.C16H10N2O.C5H5N.ClH/c1-20-15-10-18-16-13-8-4-2-6-11(13)12-7-3-5-9-14(12)17(16)19-15;19-14-9-17-15-12-7-3-1-5-10(12)11-6-2-4-8-13(11)16(15)18-14;1-2-4-6-5-3-1;/h2-10H,1H3;1-9H,(H,18,19);1-5H;1H. The maximum atomic E-state index is 11.5. The third-order valence-corrected chi connectivity index (χ3v) is 7.65. The number of nitrogens with one attached hydrogen (secondary N) is 1. The monoisotopic (exact) mass is 621 g/mol. The second-order valence-electron chi connectivity index (χ2n) is 10.3. The minimum atomic E-state index is -0.173. The molecule has 6 aromatic carbocycles. The number of rotatable bonds is 1. The quantitative estimate of drug-likeness (QED) is 0.184. The van der Waals surface area contributed by atoms with Crippen LogP contribution in [0.1, 0.15) is 0 Å². The number of benzene rings is 6. The van der Waals surface area contributed by atoms with Crippen molar-refractivity contribution < 1.29 is 4.74 Å². The van der Waals surface area contributed by atoms with E-state index in [9.17, 15) is 4.79 Å². The largest absolute Gasteiger partial charge is 0.480 e. The van der Waals surface area contributed by atoms with E-state index in [1.54, 1.807) is 25.7 Å². The van der Waals surface area contributed by atoms with Gasteiger partial charge in [-0.3, -0.25) is 9.78 Å². The van der Waals surface area contributed by atoms with Crippen LogP contribution in [-0.4, -0.2) is 32.0 Å². The van der Waals surface area contributed by atoms with Crippen molar-refractivity contribution in [1.29, 1.82) is 0 Å². The first-order valence-electron chi connectivity index (χ1n) is 14.5. The van der Waals surface area contributed by atoms with Crippen molar-refractivity contribution in [2.24, 2.45) is 0 Å². The minimum absolute atomic E-state index is 0. The summed E-state index contributed by atoms with van der Waals surface area (Å²) in [5.74, 6) is 0.540. The summed E-state index contributed by atoms with van der Waals surface area (Å²) in [4.78, 5) is 31.7. The van der Waals surface area contributed by atoms with Crippen LogP contribution in [0.5, 0.6) is 5.88 Å². The molecule has 224 valence electrons. The van der Waals surface area contributed by atoms with Gasteiger partial charge in [0, 0.05) is 33.9 Å². The first-order chi connectivity index (χ1) is 22.2. The Morgan fingerprint density at radius 2 is 0.978 bits per heavy atom. The molecule has 0 saturated carbocycles. The molecule has 3 heterocycles. The van der Waals surface area contributed by atoms with E-state index in [1.807, 2.05) is 72.8 Å². The van der Waals surface area contributed by atoms with E-state index < -0.39 is 0 Å². The average Bonchev–Trinajstić information content (AvgIpc) is 3.13. The van der Waals surface area contributed by atoms with Gasteiger partial charge >= 0.3 is 0 Å². The van der Waals surface area contributed by atoms with Crippen molar-refractivity contribution in [1.82, 2.24) is 24.9 Å². The number of fused-ring (bicyclic) bond motifs is 12. The zero-order valence-corrected chi connectivity index (χ0v) is 25.6. The molecule has 46 heavy (non-hydrogen) atoms. The fourth-order valence-corrected chi connectivity index (χ4v) is 5.68. The van der Waals surface area contributed by atoms with E-state index in [0.29, 0.717) is 5.88 Å². The van der Waals surface area contributed by atoms with Gasteiger partial charge in [-0.15, -0.1) is 12.4 Å². The summed E-state index contributed by atoms with van der Waals surface area (Å²) >= 11 is 0. The van der Waals surface area contributed by atoms with E-state index in [1.165, 1.54) is 17.0 Å². The lowest BCUT2D eigenvalue weighted by Gasteiger charge is -2.09. The lowest BCUT2D eigenvalue weighted by atomic mass is 10.00. The molecule has 1 N–H and O–H groups in total. The van der Waals surface area contributed by atoms with Gasteiger partial charge in [0.15, 0.2) is 0 Å². The molecule has 0 aliphatic heterocycles. The van der Waals surface area contributed by atoms with E-state index in [0.717, 1.165) is 54.4 Å². The molecule has 0 bridgehead atoms. The van der Waals surface area contributed by atoms with E-state index in [4.69, 9.17) is 4.74 Å². The van der Waals surface area contributed by atoms with Crippen molar-refractivity contribution in [3.05, 3.63) is 150 Å². The Balaban J connectivity index is 0.000000135. The van der Waals surface area contributed by atoms with Crippen molar-refractivity contribution in [2.45, 2.75) is 0 Å². The third-order valence-electron chi connectivity index (χ3n) is 7.65. The van der Waals surface area contributed by atoms with Crippen LogP contribution in [0.25, 0.3) is 65.2 Å². The Labute approximate surface area is 270 Å². The highest BCUT2D eigenvalue weighted by molar-refractivity contribution is 6.23. The molecule has 8 heteroatoms. The number of methoxy groups -OCH3 is 1. The topological polar surface area (TPSA) is 93.6 Å². The van der Waals surface area contributed by atoms with Crippen LogP contribution in [-0.2, 0) is 0 Å². The zero-order chi connectivity index (χ0) is 30.6. The highest BCUT2D eigenvalue weighted by Gasteiger charge is 2.11. The number of hydrogen-bond donors (Lipinski definition) is 1. The first kappa shape index (κ1) is 30.1. The average molecular weight is 622 g/mol. The maximum absolute atomic E-state index is 11.5. The van der Waals surface area contributed by atoms with Crippen molar-refractivity contribution in [2.75, 3.05) is 7.11 Å². The molecular weight excluding hydrogens is 594 g/mol. The molecule has 0 saturated heterocycles. The number of H-pyrrole nitrogens is 1. The molecule has 0 aliphatic rings. The van der Waals surface area contributed by atoms with Crippen LogP contribution in [0.2, 0.25) is 0 Å². The molecular formula is C38H28ClN5O2. The van der Waals surface area contributed by atoms with Crippen molar-refractivity contribution in [3.8, 4) is 5.88 Å². The van der Waals surface area contributed by atoms with Gasteiger partial charge in [-0.2, -0.15) is 0 Å². The molecule has 3 aromatic heterocycles. The van der Waals surface area contributed by atoms with E-state index in [2.05, 4.69) is 67.4 Å². The molecule has 0 atom stereocenters. The lowest BCUT2D eigenvalue weighted by molar-refractivity contribution is 0.398. The summed E-state index contributed by atoms with van der Waals surface area (Å²) in [6, 6.07) is 38.5. The fraction of sp³-hybridized carbons (Fsp3) is 0.0263. The van der Waals surface area contributed by atoms with Crippen molar-refractivity contribution in [3.63, 3.8) is 0 Å².